The van der Waals surface area contributed by atoms with Crippen molar-refractivity contribution < 1.29 is 27.6 Å². The minimum atomic E-state index is -0.347. The molecule has 0 bridgehead atoms. The Morgan fingerprint density at radius 2 is 2.29 bits per heavy atom. The molecular formula is C4H5IrO2. The fourth-order valence-electron chi connectivity index (χ4n) is 0.0581. The summed E-state index contributed by atoms with van der Waals surface area (Å²) in [7, 11) is 0. The Bertz CT molecular complexity index is 97.9. The maximum absolute atomic E-state index is 10.2. The van der Waals surface area contributed by atoms with Crippen molar-refractivity contribution in [2.24, 2.45) is 0 Å². The first-order valence-electron chi connectivity index (χ1n) is 1.65. The molecule has 7 heavy (non-hydrogen) atoms. The average Bonchev–Trinajstić information content (AvgIpc) is 1.65. The van der Waals surface area contributed by atoms with Gasteiger partial charge in [0.05, 0.1) is 0 Å². The summed E-state index contributed by atoms with van der Waals surface area (Å²) in [5.41, 5.74) is 0.433. The van der Waals surface area contributed by atoms with Gasteiger partial charge in [0, 0.05) is 0 Å². The van der Waals surface area contributed by atoms with Crippen LogP contribution in [0.4, 0.5) is 0 Å². The zero-order chi connectivity index (χ0) is 5.86. The molecule has 2 nitrogen and oxygen atoms in total. The molecule has 0 spiro atoms. The van der Waals surface area contributed by atoms with E-state index in [0.29, 0.717) is 5.57 Å². The molecule has 0 aliphatic heterocycles. The van der Waals surface area contributed by atoms with Crippen molar-refractivity contribution >= 4 is 5.97 Å². The van der Waals surface area contributed by atoms with Crippen molar-refractivity contribution in [3.05, 3.63) is 12.2 Å². The molecule has 0 atom stereocenters. The van der Waals surface area contributed by atoms with Crippen LogP contribution in [0.25, 0.3) is 0 Å². The molecular weight excluding hydrogens is 272 g/mol. The molecule has 0 heterocycles. The Morgan fingerprint density at radius 1 is 1.86 bits per heavy atom. The number of rotatable bonds is 1. The summed E-state index contributed by atoms with van der Waals surface area (Å²) in [6.45, 7) is 4.95. The Labute approximate surface area is 53.1 Å². The normalized spacial score (nSPS) is 7.86. The summed E-state index contributed by atoms with van der Waals surface area (Å²) in [5.74, 6) is -0.347. The molecule has 0 aliphatic carbocycles. The fraction of sp³-hybridized carbons (Fsp3) is 0.250. The van der Waals surface area contributed by atoms with Crippen LogP contribution in [0.3, 0.4) is 0 Å². The van der Waals surface area contributed by atoms with Gasteiger partial charge in [0.2, 0.25) is 0 Å². The third-order valence-corrected chi connectivity index (χ3v) is 0.854. The van der Waals surface area contributed by atoms with Gasteiger partial charge in [-0.25, -0.2) is 0 Å². The van der Waals surface area contributed by atoms with Gasteiger partial charge in [-0.2, -0.15) is 0 Å². The van der Waals surface area contributed by atoms with Crippen molar-refractivity contribution in [3.63, 3.8) is 0 Å². The maximum atomic E-state index is 10.2. The van der Waals surface area contributed by atoms with E-state index in [4.69, 9.17) is 0 Å². The SMILES string of the molecule is C=C(C)C(=O)[O][Ir]. The second-order valence-corrected chi connectivity index (χ2v) is 1.62. The monoisotopic (exact) mass is 278 g/mol. The molecule has 0 N–H and O–H groups in total. The molecule has 3 heteroatoms. The predicted octanol–water partition coefficient (Wildman–Crippen LogP) is 0.567. The van der Waals surface area contributed by atoms with E-state index in [1.165, 1.54) is 19.3 Å². The van der Waals surface area contributed by atoms with Crippen LogP contribution in [-0.4, -0.2) is 5.97 Å². The van der Waals surface area contributed by atoms with Crippen LogP contribution < -0.4 is 0 Å². The van der Waals surface area contributed by atoms with Crippen LogP contribution in [0.1, 0.15) is 6.92 Å². The molecule has 0 saturated carbocycles. The van der Waals surface area contributed by atoms with Crippen molar-refractivity contribution in [3.8, 4) is 0 Å². The quantitative estimate of drug-likeness (QED) is 0.655. The Balaban J connectivity index is 3.58. The van der Waals surface area contributed by atoms with E-state index in [1.54, 1.807) is 6.92 Å². The van der Waals surface area contributed by atoms with Gasteiger partial charge in [-0.05, 0) is 0 Å². The molecule has 0 aromatic heterocycles. The molecule has 0 aromatic carbocycles. The summed E-state index contributed by atoms with van der Waals surface area (Å²) >= 11 is 1.33. The van der Waals surface area contributed by atoms with E-state index < -0.39 is 0 Å². The molecule has 0 amide bonds. The van der Waals surface area contributed by atoms with Gasteiger partial charge in [0.15, 0.2) is 0 Å². The zero-order valence-corrected chi connectivity index (χ0v) is 6.25. The molecule has 0 unspecified atom stereocenters. The Kier molecular flexibility index (Phi) is 2.88. The van der Waals surface area contributed by atoms with Crippen LogP contribution in [-0.2, 0) is 27.6 Å². The van der Waals surface area contributed by atoms with Crippen molar-refractivity contribution in [2.75, 3.05) is 0 Å². The molecule has 0 radical (unpaired) electrons. The number of hydrogen-bond acceptors (Lipinski definition) is 2. The van der Waals surface area contributed by atoms with Crippen LogP contribution in [0, 0.1) is 0 Å². The van der Waals surface area contributed by atoms with Gasteiger partial charge < -0.3 is 0 Å². The predicted molar refractivity (Wildman–Crippen MR) is 20.9 cm³/mol. The summed E-state index contributed by atoms with van der Waals surface area (Å²) in [5, 5.41) is 0. The minimum absolute atomic E-state index is 0.347. The fourth-order valence-corrected chi connectivity index (χ4v) is 0.475. The first-order valence-corrected chi connectivity index (χ1v) is 2.63. The number of hydrogen-bond donors (Lipinski definition) is 0. The van der Waals surface area contributed by atoms with Crippen molar-refractivity contribution in [2.45, 2.75) is 6.92 Å². The van der Waals surface area contributed by atoms with E-state index in [0.717, 1.165) is 0 Å². The first-order chi connectivity index (χ1) is 3.18. The molecule has 42 valence electrons. The number of carbonyl (C=O) groups excluding carboxylic acids is 1. The van der Waals surface area contributed by atoms with Crippen molar-refractivity contribution in [1.82, 2.24) is 0 Å². The summed E-state index contributed by atoms with van der Waals surface area (Å²) < 4.78 is 4.27. The third kappa shape index (κ3) is 2.54. The Morgan fingerprint density at radius 3 is 2.29 bits per heavy atom. The van der Waals surface area contributed by atoms with Crippen LogP contribution >= 0.6 is 0 Å². The zero-order valence-electron chi connectivity index (χ0n) is 3.86. The molecule has 0 aromatic rings. The van der Waals surface area contributed by atoms with Crippen LogP contribution in [0.2, 0.25) is 0 Å². The second-order valence-electron chi connectivity index (χ2n) is 1.14. The third-order valence-electron chi connectivity index (χ3n) is 0.410. The van der Waals surface area contributed by atoms with Gasteiger partial charge in [0.1, 0.15) is 0 Å². The summed E-state index contributed by atoms with van der Waals surface area (Å²) in [6, 6.07) is 0. The van der Waals surface area contributed by atoms with E-state index in [9.17, 15) is 4.79 Å². The Hall–Kier alpha value is -0.141. The number of carbonyl (C=O) groups is 1. The van der Waals surface area contributed by atoms with Gasteiger partial charge in [-0.15, -0.1) is 0 Å². The standard InChI is InChI=1S/C4H6O2.Ir/c1-3(2)4(5)6;/h1H2,2H3,(H,5,6);/q;+1/p-1. The average molecular weight is 277 g/mol. The van der Waals surface area contributed by atoms with Gasteiger partial charge >= 0.3 is 52.6 Å². The summed E-state index contributed by atoms with van der Waals surface area (Å²) in [6.07, 6.45) is 0. The van der Waals surface area contributed by atoms with E-state index in [-0.39, 0.29) is 5.97 Å². The topological polar surface area (TPSA) is 26.3 Å². The van der Waals surface area contributed by atoms with Crippen LogP contribution in [0.5, 0.6) is 0 Å². The molecule has 0 fully saturated rings. The van der Waals surface area contributed by atoms with Gasteiger partial charge in [-0.3, -0.25) is 0 Å². The van der Waals surface area contributed by atoms with E-state index in [1.807, 2.05) is 0 Å². The van der Waals surface area contributed by atoms with E-state index >= 15 is 0 Å². The van der Waals surface area contributed by atoms with Gasteiger partial charge in [-0.1, -0.05) is 0 Å². The summed E-state index contributed by atoms with van der Waals surface area (Å²) in [4.78, 5) is 10.2. The van der Waals surface area contributed by atoms with Gasteiger partial charge in [0.25, 0.3) is 0 Å². The molecule has 0 saturated heterocycles. The first kappa shape index (κ1) is 6.86. The van der Waals surface area contributed by atoms with E-state index in [2.05, 4.69) is 10.1 Å². The molecule has 0 aliphatic rings. The second kappa shape index (κ2) is 2.94. The molecule has 0 rings (SSSR count). The van der Waals surface area contributed by atoms with Crippen LogP contribution in [0.15, 0.2) is 12.2 Å². The van der Waals surface area contributed by atoms with Crippen molar-refractivity contribution in [1.29, 1.82) is 0 Å².